The first-order valence-corrected chi connectivity index (χ1v) is 31.2. The number of nitrogens with two attached hydrogens (primary N) is 2. The van der Waals surface area contributed by atoms with Crippen molar-refractivity contribution >= 4 is 75.7 Å². The number of imidazole rings is 1. The van der Waals surface area contributed by atoms with Crippen molar-refractivity contribution in [2.45, 2.75) is 142 Å². The van der Waals surface area contributed by atoms with Gasteiger partial charge < -0.3 is 83.4 Å². The van der Waals surface area contributed by atoms with E-state index in [9.17, 15) is 53.1 Å². The molecule has 0 saturated carbocycles. The summed E-state index contributed by atoms with van der Waals surface area (Å²) in [7, 11) is 3.01. The summed E-state index contributed by atoms with van der Waals surface area (Å²) in [5.41, 5.74) is 12.6. The third-order valence-corrected chi connectivity index (χ3v) is 15.5. The Morgan fingerprint density at radius 2 is 1.41 bits per heavy atom. The second kappa shape index (κ2) is 37.8. The zero-order valence-corrected chi connectivity index (χ0v) is 53.7. The van der Waals surface area contributed by atoms with E-state index >= 15 is 0 Å². The first-order chi connectivity index (χ1) is 44.0. The molecule has 2 aromatic carbocycles. The number of rotatable bonds is 38. The number of unbranched alkanes of at least 4 members (excludes halogenated alkanes) is 1. The van der Waals surface area contributed by atoms with Crippen LogP contribution in [-0.2, 0) is 72.0 Å². The molecule has 30 nitrogen and oxygen atoms in total. The number of likely N-dealkylation sites (N-methyl/N-ethyl adjacent to an activating group) is 1. The molecule has 14 N–H and O–H groups in total. The number of H-pyrrole nitrogens is 1. The predicted octanol–water partition coefficient (Wildman–Crippen LogP) is -0.881. The van der Waals surface area contributed by atoms with Crippen molar-refractivity contribution in [3.05, 3.63) is 82.9 Å². The lowest BCUT2D eigenvalue weighted by Gasteiger charge is -2.38. The fourth-order valence-electron chi connectivity index (χ4n) is 10.3. The Balaban J connectivity index is 1.30. The van der Waals surface area contributed by atoms with Crippen molar-refractivity contribution in [1.82, 2.24) is 67.0 Å². The largest absolute Gasteiger partial charge is 0.508 e. The van der Waals surface area contributed by atoms with Gasteiger partial charge in [0, 0.05) is 97.2 Å². The molecular formula is C62H93N17O13. The Hall–Kier alpha value is -9.19. The van der Waals surface area contributed by atoms with Gasteiger partial charge in [-0.05, 0) is 86.3 Å². The zero-order chi connectivity index (χ0) is 67.3. The second-order valence-electron chi connectivity index (χ2n) is 23.2. The van der Waals surface area contributed by atoms with E-state index in [1.807, 2.05) is 32.6 Å². The first-order valence-electron chi connectivity index (χ1n) is 31.2. The number of aliphatic imine (C=N–C) groups is 1. The first kappa shape index (κ1) is 73.5. The van der Waals surface area contributed by atoms with Crippen LogP contribution in [0.3, 0.4) is 0 Å². The SMILES string of the molecule is CC[C@H](C)[C@H](NC(C)=O)C(=O)N[C@@H](CCCCNC(=O)CCOCCOC)C(=O)N1CCN(c2ccc3ncn(CC(=O)N[C@@H](CCCN=C(N)N)C(=O)N[C@@H](Cc4cnc[nH]4)C(=O)NC(Cc4ccc(O)cc4)C(=O)N[C@@H](CC(C)C)C(=O)NC)c(=O)c3c2)CC1. The molecule has 7 atom stereocenters. The Bertz CT molecular complexity index is 3170. The molecule has 4 aromatic rings. The van der Waals surface area contributed by atoms with Gasteiger partial charge in [-0.2, -0.15) is 0 Å². The van der Waals surface area contributed by atoms with Gasteiger partial charge in [0.15, 0.2) is 5.96 Å². The molecular weight excluding hydrogens is 1190 g/mol. The van der Waals surface area contributed by atoms with E-state index in [-0.39, 0.29) is 118 Å². The molecule has 92 heavy (non-hydrogen) atoms. The molecule has 9 amide bonds. The number of guanidine groups is 1. The van der Waals surface area contributed by atoms with Gasteiger partial charge in [-0.1, -0.05) is 46.2 Å². The van der Waals surface area contributed by atoms with Crippen LogP contribution in [0.15, 0.2) is 71.1 Å². The molecule has 504 valence electrons. The highest BCUT2D eigenvalue weighted by molar-refractivity contribution is 5.96. The van der Waals surface area contributed by atoms with Crippen LogP contribution >= 0.6 is 0 Å². The smallest absolute Gasteiger partial charge is 0.261 e. The van der Waals surface area contributed by atoms with E-state index in [1.54, 1.807) is 42.3 Å². The Labute approximate surface area is 535 Å². The number of aromatic nitrogens is 4. The van der Waals surface area contributed by atoms with Crippen LogP contribution in [0.5, 0.6) is 5.75 Å². The number of fused-ring (bicyclic) bond motifs is 1. The number of ether oxygens (including phenoxy) is 2. The van der Waals surface area contributed by atoms with Gasteiger partial charge in [-0.3, -0.25) is 57.5 Å². The monoisotopic (exact) mass is 1280 g/mol. The highest BCUT2D eigenvalue weighted by atomic mass is 16.5. The van der Waals surface area contributed by atoms with Crippen molar-refractivity contribution in [3.8, 4) is 5.75 Å². The summed E-state index contributed by atoms with van der Waals surface area (Å²) in [6.07, 6.45) is 6.32. The number of piperazine rings is 1. The number of aromatic hydroxyl groups is 1. The molecule has 0 radical (unpaired) electrons. The van der Waals surface area contributed by atoms with Gasteiger partial charge in [0.1, 0.15) is 48.5 Å². The summed E-state index contributed by atoms with van der Waals surface area (Å²) in [5, 5.41) is 32.2. The van der Waals surface area contributed by atoms with E-state index in [2.05, 4.69) is 62.5 Å². The number of phenols is 1. The molecule has 0 spiro atoms. The number of phenolic OH excluding ortho intramolecular Hbond substituents is 1. The lowest BCUT2D eigenvalue weighted by Crippen LogP contribution is -2.59. The van der Waals surface area contributed by atoms with Crippen LogP contribution in [0, 0.1) is 11.8 Å². The third-order valence-electron chi connectivity index (χ3n) is 15.5. The summed E-state index contributed by atoms with van der Waals surface area (Å²) in [4.78, 5) is 156. The summed E-state index contributed by atoms with van der Waals surface area (Å²) in [5.74, 6) is -5.28. The lowest BCUT2D eigenvalue weighted by molar-refractivity contribution is -0.138. The maximum Gasteiger partial charge on any atom is 0.261 e. The molecule has 0 bridgehead atoms. The quantitative estimate of drug-likeness (QED) is 0.0147. The topological polar surface area (TPSA) is 423 Å². The van der Waals surface area contributed by atoms with Gasteiger partial charge in [0.05, 0.1) is 43.4 Å². The second-order valence-corrected chi connectivity index (χ2v) is 23.2. The van der Waals surface area contributed by atoms with E-state index in [0.717, 1.165) is 4.57 Å². The number of methoxy groups -OCH3 is 1. The van der Waals surface area contributed by atoms with Crippen LogP contribution < -0.4 is 64.5 Å². The van der Waals surface area contributed by atoms with Crippen molar-refractivity contribution in [2.75, 3.05) is 78.1 Å². The summed E-state index contributed by atoms with van der Waals surface area (Å²) in [6, 6.07) is 4.38. The van der Waals surface area contributed by atoms with Crippen LogP contribution in [0.4, 0.5) is 5.69 Å². The lowest BCUT2D eigenvalue weighted by atomic mass is 9.97. The fraction of sp³-hybridized carbons (Fsp3) is 0.565. The van der Waals surface area contributed by atoms with Gasteiger partial charge in [0.2, 0.25) is 53.2 Å². The molecule has 1 unspecified atom stereocenters. The van der Waals surface area contributed by atoms with Gasteiger partial charge in [0.25, 0.3) is 5.56 Å². The van der Waals surface area contributed by atoms with Gasteiger partial charge in [-0.15, -0.1) is 0 Å². The molecule has 1 aliphatic heterocycles. The fourth-order valence-corrected chi connectivity index (χ4v) is 10.3. The highest BCUT2D eigenvalue weighted by Crippen LogP contribution is 2.22. The number of carbonyl (C=O) groups is 9. The van der Waals surface area contributed by atoms with E-state index in [0.29, 0.717) is 74.6 Å². The molecule has 3 heterocycles. The number of nitrogens with one attached hydrogen (secondary N) is 9. The standard InChI is InChI=1S/C62H93N17O13/c1-8-39(4)54(71-40(5)80)59(88)73-48(12-9-10-21-67-52(82)20-27-92-29-28-91-7)61(90)78-25-23-77(24-26-78)43-16-19-46-45(33-43)60(89)79(37-70-46)35-53(83)72-47(13-11-22-68-62(63)64)56(85)76-51(32-42-34-66-36-69-42)58(87)75-50(31-41-14-17-44(81)18-15-41)57(86)74-49(30-38(2)3)55(84)65-6/h14-19,33-34,36-39,47-51,54,81H,8-13,20-32,35H2,1-7H3,(H,65,84)(H,66,69)(H,67,82)(H,71,80)(H,72,83)(H,73,88)(H,74,86)(H,75,87)(H,76,85)(H4,63,64,68)/t39-,47-,48-,49-,50?,51-,54-/m0/s1. The van der Waals surface area contributed by atoms with E-state index in [1.165, 1.54) is 45.0 Å². The molecule has 1 fully saturated rings. The summed E-state index contributed by atoms with van der Waals surface area (Å²) >= 11 is 0. The zero-order valence-electron chi connectivity index (χ0n) is 53.7. The minimum Gasteiger partial charge on any atom is -0.508 e. The average molecular weight is 1280 g/mol. The van der Waals surface area contributed by atoms with Gasteiger partial charge in [-0.25, -0.2) is 9.97 Å². The summed E-state index contributed by atoms with van der Waals surface area (Å²) < 4.78 is 11.4. The number of anilines is 1. The van der Waals surface area contributed by atoms with Crippen LogP contribution in [0.25, 0.3) is 10.9 Å². The van der Waals surface area contributed by atoms with Crippen LogP contribution in [-0.4, -0.2) is 198 Å². The number of amides is 9. The Kier molecular flexibility index (Phi) is 30.3. The molecule has 5 rings (SSSR count). The minimum atomic E-state index is -1.38. The number of nitrogens with zero attached hydrogens (tertiary/aromatic N) is 6. The number of carbonyl (C=O) groups excluding carboxylic acids is 9. The molecule has 1 aliphatic rings. The highest BCUT2D eigenvalue weighted by Gasteiger charge is 2.35. The van der Waals surface area contributed by atoms with E-state index in [4.69, 9.17) is 20.9 Å². The number of hydrogen-bond acceptors (Lipinski definition) is 17. The van der Waals surface area contributed by atoms with E-state index < -0.39 is 83.8 Å². The number of benzene rings is 2. The van der Waals surface area contributed by atoms with Crippen LogP contribution in [0.1, 0.15) is 97.2 Å². The van der Waals surface area contributed by atoms with Gasteiger partial charge >= 0.3 is 0 Å². The normalized spacial score (nSPS) is 14.5. The Morgan fingerprint density at radius 1 is 0.750 bits per heavy atom. The van der Waals surface area contributed by atoms with Crippen molar-refractivity contribution in [3.63, 3.8) is 0 Å². The number of aromatic amines is 1. The number of hydrogen-bond donors (Lipinski definition) is 12. The third kappa shape index (κ3) is 24.2. The predicted molar refractivity (Wildman–Crippen MR) is 343 cm³/mol. The molecule has 30 heteroatoms. The Morgan fingerprint density at radius 3 is 2.04 bits per heavy atom. The van der Waals surface area contributed by atoms with Crippen molar-refractivity contribution in [1.29, 1.82) is 0 Å². The molecule has 0 aliphatic carbocycles. The minimum absolute atomic E-state index is 0.00414. The maximum absolute atomic E-state index is 14.5. The van der Waals surface area contributed by atoms with Crippen molar-refractivity contribution < 1.29 is 57.7 Å². The van der Waals surface area contributed by atoms with Crippen LogP contribution in [0.2, 0.25) is 0 Å². The van der Waals surface area contributed by atoms with Crippen molar-refractivity contribution in [2.24, 2.45) is 28.3 Å². The molecule has 1 saturated heterocycles. The maximum atomic E-state index is 14.5. The summed E-state index contributed by atoms with van der Waals surface area (Å²) in [6.45, 7) is 11.0. The average Bonchev–Trinajstić information content (AvgIpc) is 1.15. The molecule has 2 aromatic heterocycles.